The number of para-hydroxylation sites is 1. The van der Waals surface area contributed by atoms with E-state index in [0.717, 1.165) is 18.6 Å². The fraction of sp³-hybridized carbons (Fsp3) is 0.400. The zero-order valence-corrected chi connectivity index (χ0v) is 18.4. The smallest absolute Gasteiger partial charge is 0.308 e. The SMILES string of the molecule is CC(=O)Oc1cccc(C(=O)NCC2CCN(C(=O)CCCOc3ccccc3)CC2)c1. The van der Waals surface area contributed by atoms with Gasteiger partial charge < -0.3 is 19.7 Å². The minimum atomic E-state index is -0.424. The molecule has 0 aliphatic carbocycles. The van der Waals surface area contributed by atoms with Gasteiger partial charge >= 0.3 is 5.97 Å². The van der Waals surface area contributed by atoms with E-state index in [0.29, 0.717) is 56.3 Å². The molecule has 2 aromatic rings. The van der Waals surface area contributed by atoms with E-state index in [-0.39, 0.29) is 11.8 Å². The number of piperidine rings is 1. The second-order valence-corrected chi connectivity index (χ2v) is 7.92. The van der Waals surface area contributed by atoms with Gasteiger partial charge in [-0.05, 0) is 55.5 Å². The lowest BCUT2D eigenvalue weighted by atomic mass is 9.96. The molecule has 1 saturated heterocycles. The molecule has 0 unspecified atom stereocenters. The van der Waals surface area contributed by atoms with Crippen LogP contribution < -0.4 is 14.8 Å². The summed E-state index contributed by atoms with van der Waals surface area (Å²) in [6.45, 7) is 3.82. The first-order valence-electron chi connectivity index (χ1n) is 11.0. The highest BCUT2D eigenvalue weighted by Crippen LogP contribution is 2.19. The maximum atomic E-state index is 12.4. The van der Waals surface area contributed by atoms with E-state index in [2.05, 4.69) is 5.32 Å². The van der Waals surface area contributed by atoms with Crippen LogP contribution in [0.3, 0.4) is 0 Å². The van der Waals surface area contributed by atoms with Crippen molar-refractivity contribution in [3.63, 3.8) is 0 Å². The van der Waals surface area contributed by atoms with E-state index in [1.165, 1.54) is 6.92 Å². The summed E-state index contributed by atoms with van der Waals surface area (Å²) in [6, 6.07) is 16.2. The molecule has 1 aliphatic rings. The number of hydrogen-bond donors (Lipinski definition) is 1. The summed E-state index contributed by atoms with van der Waals surface area (Å²) in [5, 5.41) is 2.95. The highest BCUT2D eigenvalue weighted by Gasteiger charge is 2.23. The van der Waals surface area contributed by atoms with Crippen molar-refractivity contribution in [2.75, 3.05) is 26.2 Å². The van der Waals surface area contributed by atoms with Gasteiger partial charge in [-0.15, -0.1) is 0 Å². The Morgan fingerprint density at radius 2 is 1.72 bits per heavy atom. The average Bonchev–Trinajstić information content (AvgIpc) is 2.81. The van der Waals surface area contributed by atoms with E-state index in [9.17, 15) is 14.4 Å². The quantitative estimate of drug-likeness (QED) is 0.368. The van der Waals surface area contributed by atoms with Gasteiger partial charge in [0.1, 0.15) is 11.5 Å². The standard InChI is InChI=1S/C25H30N2O5/c1-19(28)32-23-10-5-7-21(17-23)25(30)26-18-20-12-14-27(15-13-20)24(29)11-6-16-31-22-8-3-2-4-9-22/h2-5,7-10,17,20H,6,11-16,18H2,1H3,(H,26,30). The number of rotatable bonds is 9. The third-order valence-electron chi connectivity index (χ3n) is 5.42. The second-order valence-electron chi connectivity index (χ2n) is 7.92. The van der Waals surface area contributed by atoms with Crippen LogP contribution in [0.2, 0.25) is 0 Å². The van der Waals surface area contributed by atoms with Crippen molar-refractivity contribution in [1.82, 2.24) is 10.2 Å². The summed E-state index contributed by atoms with van der Waals surface area (Å²) >= 11 is 0. The number of nitrogens with one attached hydrogen (secondary N) is 1. The Morgan fingerprint density at radius 3 is 2.44 bits per heavy atom. The summed E-state index contributed by atoms with van der Waals surface area (Å²) in [4.78, 5) is 37.8. The lowest BCUT2D eigenvalue weighted by Gasteiger charge is -2.32. The number of likely N-dealkylation sites (tertiary alicyclic amines) is 1. The van der Waals surface area contributed by atoms with Crippen LogP contribution in [0.4, 0.5) is 0 Å². The zero-order valence-electron chi connectivity index (χ0n) is 18.4. The van der Waals surface area contributed by atoms with Crippen LogP contribution in [0.5, 0.6) is 11.5 Å². The first kappa shape index (κ1) is 23.3. The molecule has 0 saturated carbocycles. The second kappa shape index (κ2) is 11.9. The van der Waals surface area contributed by atoms with Gasteiger partial charge in [0.15, 0.2) is 0 Å². The topological polar surface area (TPSA) is 84.9 Å². The first-order valence-corrected chi connectivity index (χ1v) is 11.0. The van der Waals surface area contributed by atoms with Crippen LogP contribution in [0.25, 0.3) is 0 Å². The van der Waals surface area contributed by atoms with E-state index in [1.54, 1.807) is 24.3 Å². The van der Waals surface area contributed by atoms with Gasteiger partial charge in [0.2, 0.25) is 5.91 Å². The number of nitrogens with zero attached hydrogens (tertiary/aromatic N) is 1. The highest BCUT2D eigenvalue weighted by atomic mass is 16.5. The van der Waals surface area contributed by atoms with Crippen molar-refractivity contribution in [2.45, 2.75) is 32.6 Å². The Balaban J connectivity index is 1.33. The Labute approximate surface area is 188 Å². The largest absolute Gasteiger partial charge is 0.494 e. The fourth-order valence-corrected chi connectivity index (χ4v) is 3.68. The van der Waals surface area contributed by atoms with Crippen molar-refractivity contribution in [3.8, 4) is 11.5 Å². The van der Waals surface area contributed by atoms with Crippen LogP contribution >= 0.6 is 0 Å². The summed E-state index contributed by atoms with van der Waals surface area (Å²) in [5.41, 5.74) is 0.453. The monoisotopic (exact) mass is 438 g/mol. The van der Waals surface area contributed by atoms with Crippen molar-refractivity contribution >= 4 is 17.8 Å². The number of hydrogen-bond acceptors (Lipinski definition) is 5. The molecule has 1 N–H and O–H groups in total. The Morgan fingerprint density at radius 1 is 1.00 bits per heavy atom. The maximum absolute atomic E-state index is 12.4. The number of carbonyl (C=O) groups excluding carboxylic acids is 3. The van der Waals surface area contributed by atoms with Crippen molar-refractivity contribution in [1.29, 1.82) is 0 Å². The van der Waals surface area contributed by atoms with E-state index < -0.39 is 5.97 Å². The van der Waals surface area contributed by atoms with E-state index in [4.69, 9.17) is 9.47 Å². The van der Waals surface area contributed by atoms with Crippen molar-refractivity contribution in [2.24, 2.45) is 5.92 Å². The van der Waals surface area contributed by atoms with Gasteiger partial charge in [-0.1, -0.05) is 24.3 Å². The molecule has 2 amide bonds. The first-order chi connectivity index (χ1) is 15.5. The summed E-state index contributed by atoms with van der Waals surface area (Å²) < 4.78 is 10.7. The van der Waals surface area contributed by atoms with E-state index >= 15 is 0 Å². The lowest BCUT2D eigenvalue weighted by Crippen LogP contribution is -2.41. The predicted octanol–water partition coefficient (Wildman–Crippen LogP) is 3.44. The molecule has 0 spiro atoms. The molecule has 170 valence electrons. The molecule has 2 aromatic carbocycles. The molecule has 32 heavy (non-hydrogen) atoms. The molecule has 0 radical (unpaired) electrons. The lowest BCUT2D eigenvalue weighted by molar-refractivity contribution is -0.133. The maximum Gasteiger partial charge on any atom is 0.308 e. The zero-order chi connectivity index (χ0) is 22.8. The van der Waals surface area contributed by atoms with Crippen LogP contribution in [-0.4, -0.2) is 48.9 Å². The molecule has 0 bridgehead atoms. The minimum absolute atomic E-state index is 0.159. The fourth-order valence-electron chi connectivity index (χ4n) is 3.68. The Hall–Kier alpha value is -3.35. The van der Waals surface area contributed by atoms with Crippen LogP contribution in [0.15, 0.2) is 54.6 Å². The third kappa shape index (κ3) is 7.41. The van der Waals surface area contributed by atoms with Gasteiger partial charge in [-0.2, -0.15) is 0 Å². The van der Waals surface area contributed by atoms with Crippen molar-refractivity contribution in [3.05, 3.63) is 60.2 Å². The number of amides is 2. The van der Waals surface area contributed by atoms with Gasteiger partial charge in [-0.25, -0.2) is 0 Å². The normalized spacial score (nSPS) is 14.0. The average molecular weight is 439 g/mol. The Kier molecular flexibility index (Phi) is 8.66. The highest BCUT2D eigenvalue weighted by molar-refractivity contribution is 5.94. The number of benzene rings is 2. The molecule has 0 aromatic heterocycles. The summed E-state index contributed by atoms with van der Waals surface area (Å²) in [7, 11) is 0. The van der Waals surface area contributed by atoms with Crippen LogP contribution in [0, 0.1) is 5.92 Å². The van der Waals surface area contributed by atoms with Gasteiger partial charge in [0.05, 0.1) is 6.61 Å². The molecule has 1 aliphatic heterocycles. The van der Waals surface area contributed by atoms with E-state index in [1.807, 2.05) is 35.2 Å². The van der Waals surface area contributed by atoms with Gasteiger partial charge in [0.25, 0.3) is 5.91 Å². The number of ether oxygens (including phenoxy) is 2. The predicted molar refractivity (Wildman–Crippen MR) is 121 cm³/mol. The third-order valence-corrected chi connectivity index (χ3v) is 5.42. The van der Waals surface area contributed by atoms with Crippen LogP contribution in [-0.2, 0) is 9.59 Å². The molecule has 7 heteroatoms. The van der Waals surface area contributed by atoms with Gasteiger partial charge in [-0.3, -0.25) is 14.4 Å². The molecule has 1 heterocycles. The molecule has 1 fully saturated rings. The summed E-state index contributed by atoms with van der Waals surface area (Å²) in [6.07, 6.45) is 2.89. The summed E-state index contributed by atoms with van der Waals surface area (Å²) in [5.74, 6) is 1.04. The van der Waals surface area contributed by atoms with Crippen LogP contribution in [0.1, 0.15) is 43.0 Å². The molecular weight excluding hydrogens is 408 g/mol. The number of carbonyl (C=O) groups is 3. The molecule has 7 nitrogen and oxygen atoms in total. The molecule has 3 rings (SSSR count). The molecular formula is C25H30N2O5. The minimum Gasteiger partial charge on any atom is -0.494 e. The Bertz CT molecular complexity index is 908. The molecule has 0 atom stereocenters. The van der Waals surface area contributed by atoms with Crippen molar-refractivity contribution < 1.29 is 23.9 Å². The number of esters is 1. The van der Waals surface area contributed by atoms with Gasteiger partial charge in [0, 0.05) is 38.5 Å².